The van der Waals surface area contributed by atoms with Crippen LogP contribution >= 0.6 is 11.8 Å². The lowest BCUT2D eigenvalue weighted by Crippen LogP contribution is -2.23. The molecule has 136 valence electrons. The van der Waals surface area contributed by atoms with Crippen LogP contribution in [0.3, 0.4) is 0 Å². The van der Waals surface area contributed by atoms with E-state index in [1.807, 2.05) is 28.8 Å². The van der Waals surface area contributed by atoms with E-state index in [-0.39, 0.29) is 5.56 Å². The van der Waals surface area contributed by atoms with Gasteiger partial charge in [-0.15, -0.1) is 0 Å². The molecule has 0 unspecified atom stereocenters. The fraction of sp³-hybridized carbons (Fsp3) is 0.364. The van der Waals surface area contributed by atoms with Crippen molar-refractivity contribution in [3.63, 3.8) is 0 Å². The number of thioether (sulfide) groups is 1. The molecule has 0 atom stereocenters. The maximum atomic E-state index is 13.0. The first-order valence-corrected chi connectivity index (χ1v) is 10.3. The molecule has 3 rings (SSSR count). The lowest BCUT2D eigenvalue weighted by atomic mass is 10.1. The lowest BCUT2D eigenvalue weighted by molar-refractivity contribution is 0.541. The van der Waals surface area contributed by atoms with E-state index in [0.717, 1.165) is 42.2 Å². The van der Waals surface area contributed by atoms with Gasteiger partial charge in [-0.1, -0.05) is 61.9 Å². The summed E-state index contributed by atoms with van der Waals surface area (Å²) in [6.07, 6.45) is 3.27. The first-order valence-electron chi connectivity index (χ1n) is 9.28. The first-order chi connectivity index (χ1) is 12.6. The van der Waals surface area contributed by atoms with Crippen molar-refractivity contribution in [3.05, 3.63) is 69.5 Å². The molecule has 3 nitrogen and oxygen atoms in total. The minimum atomic E-state index is 0.0780. The number of benzene rings is 2. The van der Waals surface area contributed by atoms with Gasteiger partial charge in [0, 0.05) is 12.3 Å². The van der Waals surface area contributed by atoms with Gasteiger partial charge in [0.05, 0.1) is 10.9 Å². The summed E-state index contributed by atoms with van der Waals surface area (Å²) in [7, 11) is 0. The minimum Gasteiger partial charge on any atom is -0.287 e. The third-order valence-electron chi connectivity index (χ3n) is 4.75. The molecule has 4 heteroatoms. The normalized spacial score (nSPS) is 11.2. The van der Waals surface area contributed by atoms with Crippen molar-refractivity contribution in [1.82, 2.24) is 9.55 Å². The summed E-state index contributed by atoms with van der Waals surface area (Å²) < 4.78 is 1.86. The molecule has 1 heterocycles. The van der Waals surface area contributed by atoms with Crippen molar-refractivity contribution >= 4 is 22.7 Å². The number of hydrogen-bond donors (Lipinski definition) is 0. The van der Waals surface area contributed by atoms with Gasteiger partial charge in [0.2, 0.25) is 0 Å². The second-order valence-corrected chi connectivity index (χ2v) is 7.73. The number of aromatic nitrogens is 2. The van der Waals surface area contributed by atoms with E-state index in [2.05, 4.69) is 39.0 Å². The van der Waals surface area contributed by atoms with Gasteiger partial charge in [0.15, 0.2) is 5.16 Å². The molecule has 0 aliphatic carbocycles. The van der Waals surface area contributed by atoms with Gasteiger partial charge < -0.3 is 0 Å². The summed E-state index contributed by atoms with van der Waals surface area (Å²) in [6, 6.07) is 14.2. The minimum absolute atomic E-state index is 0.0780. The van der Waals surface area contributed by atoms with Crippen molar-refractivity contribution < 1.29 is 0 Å². The Balaban J connectivity index is 1.92. The van der Waals surface area contributed by atoms with E-state index in [0.29, 0.717) is 5.39 Å². The average Bonchev–Trinajstić information content (AvgIpc) is 2.65. The molecule has 26 heavy (non-hydrogen) atoms. The van der Waals surface area contributed by atoms with Gasteiger partial charge in [0.1, 0.15) is 0 Å². The van der Waals surface area contributed by atoms with E-state index in [9.17, 15) is 4.79 Å². The topological polar surface area (TPSA) is 34.9 Å². The summed E-state index contributed by atoms with van der Waals surface area (Å²) in [4.78, 5) is 17.8. The molecular formula is C22H26N2OS. The summed E-state index contributed by atoms with van der Waals surface area (Å²) in [5.41, 5.74) is 4.73. The highest BCUT2D eigenvalue weighted by Gasteiger charge is 2.11. The van der Waals surface area contributed by atoms with E-state index >= 15 is 0 Å². The van der Waals surface area contributed by atoms with Gasteiger partial charge >= 0.3 is 0 Å². The average molecular weight is 367 g/mol. The number of unbranched alkanes of at least 4 members (excludes halogenated alkanes) is 2. The van der Waals surface area contributed by atoms with Crippen LogP contribution in [-0.4, -0.2) is 9.55 Å². The first kappa shape index (κ1) is 18.7. The molecule has 0 bridgehead atoms. The summed E-state index contributed by atoms with van der Waals surface area (Å²) >= 11 is 1.65. The van der Waals surface area contributed by atoms with Crippen LogP contribution in [-0.2, 0) is 12.3 Å². The fourth-order valence-electron chi connectivity index (χ4n) is 3.02. The summed E-state index contributed by atoms with van der Waals surface area (Å²) in [5.74, 6) is 0.819. The SMILES string of the molecule is CCCCCn1c(SCc2ccc(C)c(C)c2)nc2ccccc2c1=O. The van der Waals surface area contributed by atoms with Crippen molar-refractivity contribution in [2.75, 3.05) is 0 Å². The molecule has 0 N–H and O–H groups in total. The molecule has 0 aliphatic heterocycles. The van der Waals surface area contributed by atoms with Crippen LogP contribution < -0.4 is 5.56 Å². The summed E-state index contributed by atoms with van der Waals surface area (Å²) in [5, 5.41) is 1.53. The Bertz CT molecular complexity index is 962. The predicted molar refractivity (Wildman–Crippen MR) is 111 cm³/mol. The Kier molecular flexibility index (Phi) is 6.15. The molecule has 0 radical (unpaired) electrons. The van der Waals surface area contributed by atoms with Gasteiger partial charge in [-0.2, -0.15) is 0 Å². The Morgan fingerprint density at radius 1 is 1.04 bits per heavy atom. The molecule has 0 saturated carbocycles. The standard InChI is InChI=1S/C22H26N2OS/c1-4-5-8-13-24-21(25)19-9-6-7-10-20(19)23-22(24)26-15-18-12-11-16(2)17(3)14-18/h6-7,9-12,14H,4-5,8,13,15H2,1-3H3. The Morgan fingerprint density at radius 3 is 2.62 bits per heavy atom. The largest absolute Gasteiger partial charge is 0.287 e. The van der Waals surface area contributed by atoms with Crippen molar-refractivity contribution in [2.24, 2.45) is 0 Å². The van der Waals surface area contributed by atoms with E-state index in [1.165, 1.54) is 16.7 Å². The van der Waals surface area contributed by atoms with Crippen LogP contribution in [0.2, 0.25) is 0 Å². The van der Waals surface area contributed by atoms with Crippen molar-refractivity contribution in [2.45, 2.75) is 57.5 Å². The van der Waals surface area contributed by atoms with Gasteiger partial charge in [-0.3, -0.25) is 9.36 Å². The van der Waals surface area contributed by atoms with Crippen LogP contribution in [0.5, 0.6) is 0 Å². The smallest absolute Gasteiger partial charge is 0.262 e. The van der Waals surface area contributed by atoms with Crippen LogP contribution in [0, 0.1) is 13.8 Å². The highest BCUT2D eigenvalue weighted by molar-refractivity contribution is 7.98. The third kappa shape index (κ3) is 4.18. The molecule has 0 saturated heterocycles. The van der Waals surface area contributed by atoms with Crippen LogP contribution in [0.15, 0.2) is 52.4 Å². The molecule has 2 aromatic carbocycles. The second kappa shape index (κ2) is 8.54. The predicted octanol–water partition coefficient (Wildman–Crippen LogP) is 5.50. The maximum absolute atomic E-state index is 13.0. The van der Waals surface area contributed by atoms with E-state index in [4.69, 9.17) is 4.98 Å². The second-order valence-electron chi connectivity index (χ2n) is 6.78. The Hall–Kier alpha value is -2.07. The zero-order valence-corrected chi connectivity index (χ0v) is 16.6. The highest BCUT2D eigenvalue weighted by atomic mass is 32.2. The number of nitrogens with zero attached hydrogens (tertiary/aromatic N) is 2. The molecule has 0 spiro atoms. The monoisotopic (exact) mass is 366 g/mol. The molecular weight excluding hydrogens is 340 g/mol. The lowest BCUT2D eigenvalue weighted by Gasteiger charge is -2.13. The zero-order valence-electron chi connectivity index (χ0n) is 15.8. The van der Waals surface area contributed by atoms with E-state index in [1.54, 1.807) is 11.8 Å². The van der Waals surface area contributed by atoms with Crippen molar-refractivity contribution in [1.29, 1.82) is 0 Å². The summed E-state index contributed by atoms with van der Waals surface area (Å²) in [6.45, 7) is 7.18. The molecule has 0 amide bonds. The zero-order chi connectivity index (χ0) is 18.5. The molecule has 1 aromatic heterocycles. The van der Waals surface area contributed by atoms with Gasteiger partial charge in [-0.25, -0.2) is 4.98 Å². The molecule has 3 aromatic rings. The van der Waals surface area contributed by atoms with Crippen LogP contribution in [0.4, 0.5) is 0 Å². The number of para-hydroxylation sites is 1. The number of aryl methyl sites for hydroxylation is 2. The molecule has 0 aliphatic rings. The maximum Gasteiger partial charge on any atom is 0.262 e. The quantitative estimate of drug-likeness (QED) is 0.315. The number of fused-ring (bicyclic) bond motifs is 1. The Labute approximate surface area is 159 Å². The highest BCUT2D eigenvalue weighted by Crippen LogP contribution is 2.23. The van der Waals surface area contributed by atoms with Crippen molar-refractivity contribution in [3.8, 4) is 0 Å². The number of rotatable bonds is 7. The number of hydrogen-bond acceptors (Lipinski definition) is 3. The van der Waals surface area contributed by atoms with Crippen LogP contribution in [0.25, 0.3) is 10.9 Å². The Morgan fingerprint density at radius 2 is 1.85 bits per heavy atom. The fourth-order valence-corrected chi connectivity index (χ4v) is 3.98. The molecule has 0 fully saturated rings. The van der Waals surface area contributed by atoms with E-state index < -0.39 is 0 Å². The van der Waals surface area contributed by atoms with Crippen LogP contribution in [0.1, 0.15) is 42.9 Å². The third-order valence-corrected chi connectivity index (χ3v) is 5.80. The van der Waals surface area contributed by atoms with Gasteiger partial charge in [0.25, 0.3) is 5.56 Å². The van der Waals surface area contributed by atoms with Gasteiger partial charge in [-0.05, 0) is 49.1 Å².